The summed E-state index contributed by atoms with van der Waals surface area (Å²) in [6.07, 6.45) is 3.66. The van der Waals surface area contributed by atoms with E-state index in [0.29, 0.717) is 35.3 Å². The Kier molecular flexibility index (Phi) is 7.62. The first-order valence-electron chi connectivity index (χ1n) is 10.7. The lowest BCUT2D eigenvalue weighted by Gasteiger charge is -2.08. The van der Waals surface area contributed by atoms with Gasteiger partial charge in [0.15, 0.2) is 5.82 Å². The second-order valence-corrected chi connectivity index (χ2v) is 7.89. The van der Waals surface area contributed by atoms with E-state index in [-0.39, 0.29) is 30.0 Å². The average Bonchev–Trinajstić information content (AvgIpc) is 2.87. The van der Waals surface area contributed by atoms with Gasteiger partial charge in [0.05, 0.1) is 0 Å². The third kappa shape index (κ3) is 6.26. The van der Waals surface area contributed by atoms with E-state index in [1.807, 2.05) is 36.4 Å². The van der Waals surface area contributed by atoms with Gasteiger partial charge in [0.1, 0.15) is 18.1 Å². The molecular formula is C25H22ClN5O3. The molecule has 2 heterocycles. The molecule has 0 radical (unpaired) electrons. The molecule has 0 atom stereocenters. The average molecular weight is 476 g/mol. The molecule has 0 aliphatic heterocycles. The van der Waals surface area contributed by atoms with Crippen LogP contribution in [0.1, 0.15) is 23.2 Å². The highest BCUT2D eigenvalue weighted by Gasteiger charge is 2.10. The van der Waals surface area contributed by atoms with Crippen LogP contribution >= 0.6 is 11.6 Å². The maximum atomic E-state index is 12.4. The van der Waals surface area contributed by atoms with E-state index >= 15 is 0 Å². The lowest BCUT2D eigenvalue weighted by molar-refractivity contribution is -0.121. The Labute approximate surface area is 201 Å². The Hall–Kier alpha value is -4.04. The summed E-state index contributed by atoms with van der Waals surface area (Å²) in [5, 5.41) is 11.6. The van der Waals surface area contributed by atoms with E-state index < -0.39 is 0 Å². The van der Waals surface area contributed by atoms with E-state index in [1.54, 1.807) is 36.7 Å². The summed E-state index contributed by atoms with van der Waals surface area (Å²) in [4.78, 5) is 31.2. The normalized spacial score (nSPS) is 10.6. The smallest absolute Gasteiger partial charge is 0.273 e. The van der Waals surface area contributed by atoms with Gasteiger partial charge >= 0.3 is 0 Å². The van der Waals surface area contributed by atoms with E-state index in [0.717, 1.165) is 11.1 Å². The number of carbonyl (C=O) groups excluding carboxylic acids is 1. The fourth-order valence-corrected chi connectivity index (χ4v) is 3.35. The zero-order chi connectivity index (χ0) is 23.8. The number of rotatable bonds is 9. The maximum absolute atomic E-state index is 12.4. The van der Waals surface area contributed by atoms with Crippen LogP contribution in [0.4, 0.5) is 0 Å². The molecule has 4 rings (SSSR count). The molecule has 172 valence electrons. The van der Waals surface area contributed by atoms with Crippen molar-refractivity contribution in [2.24, 2.45) is 0 Å². The minimum atomic E-state index is -0.369. The minimum Gasteiger partial charge on any atom is -0.489 e. The molecule has 0 unspecified atom stereocenters. The van der Waals surface area contributed by atoms with Crippen LogP contribution in [0.5, 0.6) is 5.75 Å². The quantitative estimate of drug-likeness (QED) is 0.382. The lowest BCUT2D eigenvalue weighted by Crippen LogP contribution is -2.25. The molecule has 34 heavy (non-hydrogen) atoms. The van der Waals surface area contributed by atoms with Gasteiger partial charge < -0.3 is 15.0 Å². The van der Waals surface area contributed by atoms with Crippen molar-refractivity contribution < 1.29 is 9.53 Å². The summed E-state index contributed by atoms with van der Waals surface area (Å²) in [6, 6.07) is 18.3. The number of benzene rings is 2. The van der Waals surface area contributed by atoms with Gasteiger partial charge in [-0.15, -0.1) is 10.2 Å². The lowest BCUT2D eigenvalue weighted by atomic mass is 10.2. The van der Waals surface area contributed by atoms with Crippen molar-refractivity contribution in [3.05, 3.63) is 105 Å². The number of nitrogens with one attached hydrogen (secondary N) is 2. The topological polar surface area (TPSA) is 110 Å². The van der Waals surface area contributed by atoms with Crippen molar-refractivity contribution >= 4 is 17.5 Å². The number of aryl methyl sites for hydroxylation is 1. The molecule has 0 aliphatic rings. The van der Waals surface area contributed by atoms with Crippen molar-refractivity contribution in [1.29, 1.82) is 0 Å². The first-order valence-corrected chi connectivity index (χ1v) is 11.0. The molecule has 4 aromatic rings. The monoisotopic (exact) mass is 475 g/mol. The number of carbonyl (C=O) groups is 1. The molecular weight excluding hydrogens is 454 g/mol. The molecule has 2 aromatic heterocycles. The molecule has 1 amide bonds. The van der Waals surface area contributed by atoms with Gasteiger partial charge in [0.25, 0.3) is 5.56 Å². The highest BCUT2D eigenvalue weighted by Crippen LogP contribution is 2.21. The summed E-state index contributed by atoms with van der Waals surface area (Å²) in [5.74, 6) is 0.830. The minimum absolute atomic E-state index is 0.139. The Morgan fingerprint density at radius 1 is 1.00 bits per heavy atom. The fraction of sp³-hybridized carbons (Fsp3) is 0.160. The Bertz CT molecular complexity index is 1310. The van der Waals surface area contributed by atoms with E-state index in [4.69, 9.17) is 16.3 Å². The number of aromatic nitrogens is 4. The fourth-order valence-electron chi connectivity index (χ4n) is 3.16. The van der Waals surface area contributed by atoms with Crippen LogP contribution in [0.25, 0.3) is 11.4 Å². The molecule has 2 N–H and O–H groups in total. The number of nitrogens with zero attached hydrogens (tertiary/aromatic N) is 3. The van der Waals surface area contributed by atoms with Crippen molar-refractivity contribution in [3.63, 3.8) is 0 Å². The standard InChI is InChI=1S/C25H22ClN5O3/c26-21-4-2-1-3-19(21)16-34-20-7-5-18(6-8-20)24-29-25(33)22(30-31-24)9-10-23(32)28-15-17-11-13-27-14-12-17/h1-8,11-14H,9-10,15-16H2,(H,28,32)(H,29,31,33). The van der Waals surface area contributed by atoms with Crippen LogP contribution in [0.3, 0.4) is 0 Å². The van der Waals surface area contributed by atoms with Gasteiger partial charge in [0, 0.05) is 47.9 Å². The van der Waals surface area contributed by atoms with Crippen LogP contribution in [0, 0.1) is 0 Å². The zero-order valence-corrected chi connectivity index (χ0v) is 19.0. The Morgan fingerprint density at radius 3 is 2.50 bits per heavy atom. The van der Waals surface area contributed by atoms with Gasteiger partial charge in [-0.25, -0.2) is 0 Å². The summed E-state index contributed by atoms with van der Waals surface area (Å²) in [5.41, 5.74) is 2.38. The number of aromatic amines is 1. The number of H-pyrrole nitrogens is 1. The molecule has 0 saturated carbocycles. The summed E-state index contributed by atoms with van der Waals surface area (Å²) in [6.45, 7) is 0.751. The number of hydrogen-bond donors (Lipinski definition) is 2. The summed E-state index contributed by atoms with van der Waals surface area (Å²) in [7, 11) is 0. The van der Waals surface area contributed by atoms with Gasteiger partial charge in [-0.3, -0.25) is 14.6 Å². The molecule has 8 nitrogen and oxygen atoms in total. The summed E-state index contributed by atoms with van der Waals surface area (Å²) >= 11 is 6.15. The number of ether oxygens (including phenoxy) is 1. The number of amides is 1. The predicted octanol–water partition coefficient (Wildman–Crippen LogP) is 3.71. The first-order chi connectivity index (χ1) is 16.6. The molecule has 2 aromatic carbocycles. The number of halogens is 1. The van der Waals surface area contributed by atoms with E-state index in [2.05, 4.69) is 25.5 Å². The van der Waals surface area contributed by atoms with Gasteiger partial charge in [0.2, 0.25) is 5.91 Å². The molecule has 9 heteroatoms. The second kappa shape index (κ2) is 11.2. The number of hydrogen-bond acceptors (Lipinski definition) is 6. The number of pyridine rings is 1. The maximum Gasteiger partial charge on any atom is 0.273 e. The SMILES string of the molecule is O=C(CCc1nnc(-c2ccc(OCc3ccccc3Cl)cc2)[nH]c1=O)NCc1ccncc1. The van der Waals surface area contributed by atoms with Crippen molar-refractivity contribution in [3.8, 4) is 17.1 Å². The van der Waals surface area contributed by atoms with Crippen LogP contribution in [-0.2, 0) is 24.4 Å². The van der Waals surface area contributed by atoms with Crippen molar-refractivity contribution in [2.75, 3.05) is 0 Å². The molecule has 0 spiro atoms. The second-order valence-electron chi connectivity index (χ2n) is 7.49. The van der Waals surface area contributed by atoms with Crippen LogP contribution in [0.2, 0.25) is 5.02 Å². The van der Waals surface area contributed by atoms with Crippen LogP contribution < -0.4 is 15.6 Å². The zero-order valence-electron chi connectivity index (χ0n) is 18.2. The third-order valence-electron chi connectivity index (χ3n) is 5.07. The van der Waals surface area contributed by atoms with Crippen LogP contribution in [0.15, 0.2) is 77.9 Å². The predicted molar refractivity (Wildman–Crippen MR) is 128 cm³/mol. The van der Waals surface area contributed by atoms with Crippen LogP contribution in [-0.4, -0.2) is 26.1 Å². The van der Waals surface area contributed by atoms with Crippen molar-refractivity contribution in [1.82, 2.24) is 25.5 Å². The summed E-state index contributed by atoms with van der Waals surface area (Å²) < 4.78 is 5.78. The van der Waals surface area contributed by atoms with Gasteiger partial charge in [-0.1, -0.05) is 29.8 Å². The Balaban J connectivity index is 1.31. The van der Waals surface area contributed by atoms with Crippen molar-refractivity contribution in [2.45, 2.75) is 26.0 Å². The van der Waals surface area contributed by atoms with Gasteiger partial charge in [-0.05, 0) is 48.0 Å². The molecule has 0 saturated heterocycles. The first kappa shape index (κ1) is 23.1. The molecule has 0 fully saturated rings. The third-order valence-corrected chi connectivity index (χ3v) is 5.44. The Morgan fingerprint density at radius 2 is 1.76 bits per heavy atom. The largest absolute Gasteiger partial charge is 0.489 e. The molecule has 0 aliphatic carbocycles. The highest BCUT2D eigenvalue weighted by molar-refractivity contribution is 6.31. The van der Waals surface area contributed by atoms with Gasteiger partial charge in [-0.2, -0.15) is 0 Å². The van der Waals surface area contributed by atoms with E-state index in [1.165, 1.54) is 0 Å². The molecule has 0 bridgehead atoms. The van der Waals surface area contributed by atoms with E-state index in [9.17, 15) is 9.59 Å². The highest BCUT2D eigenvalue weighted by atomic mass is 35.5.